The van der Waals surface area contributed by atoms with Gasteiger partial charge in [-0.1, -0.05) is 0 Å². The third-order valence-electron chi connectivity index (χ3n) is 4.57. The number of aromatic amines is 1. The Bertz CT molecular complexity index is 642. The number of likely N-dealkylation sites (tertiary alicyclic amines) is 1. The van der Waals surface area contributed by atoms with Crippen molar-refractivity contribution in [3.8, 4) is 0 Å². The summed E-state index contributed by atoms with van der Waals surface area (Å²) in [5.74, 6) is -0.658. The fraction of sp³-hybridized carbons (Fsp3) is 0.667. The number of nitrogens with zero attached hydrogens (tertiary/aromatic N) is 3. The Morgan fingerprint density at radius 1 is 1.37 bits per heavy atom. The summed E-state index contributed by atoms with van der Waals surface area (Å²) in [5.41, 5.74) is 0.322. The average molecular weight is 379 g/mol. The van der Waals surface area contributed by atoms with E-state index in [4.69, 9.17) is 4.74 Å². The highest BCUT2D eigenvalue weighted by molar-refractivity contribution is 5.96. The average Bonchev–Trinajstić information content (AvgIpc) is 3.30. The SMILES string of the molecule is CCN(CC)C(=O)[C@@H]1C[C@@H](NC(=O)COC(C)C)CN1C(=O)c1ccn[nH]1. The maximum atomic E-state index is 12.9. The first kappa shape index (κ1) is 20.9. The molecule has 1 aliphatic heterocycles. The molecule has 0 unspecified atom stereocenters. The van der Waals surface area contributed by atoms with E-state index in [1.54, 1.807) is 11.0 Å². The molecular weight excluding hydrogens is 350 g/mol. The lowest BCUT2D eigenvalue weighted by molar-refractivity contribution is -0.135. The van der Waals surface area contributed by atoms with Gasteiger partial charge in [0.1, 0.15) is 18.3 Å². The zero-order valence-corrected chi connectivity index (χ0v) is 16.4. The predicted molar refractivity (Wildman–Crippen MR) is 99.0 cm³/mol. The number of nitrogens with one attached hydrogen (secondary N) is 2. The van der Waals surface area contributed by atoms with E-state index in [0.29, 0.717) is 25.2 Å². The van der Waals surface area contributed by atoms with Gasteiger partial charge in [-0.15, -0.1) is 0 Å². The Kier molecular flexibility index (Phi) is 7.35. The first-order valence-corrected chi connectivity index (χ1v) is 9.37. The molecular formula is C18H29N5O4. The maximum Gasteiger partial charge on any atom is 0.272 e. The molecule has 0 spiro atoms. The van der Waals surface area contributed by atoms with Gasteiger partial charge in [0.2, 0.25) is 11.8 Å². The molecule has 1 aromatic rings. The van der Waals surface area contributed by atoms with Crippen LogP contribution >= 0.6 is 0 Å². The topological polar surface area (TPSA) is 108 Å². The molecule has 2 rings (SSSR count). The predicted octanol–water partition coefficient (Wildman–Crippen LogP) is 0.402. The lowest BCUT2D eigenvalue weighted by atomic mass is 10.1. The molecule has 0 aliphatic carbocycles. The van der Waals surface area contributed by atoms with Crippen molar-refractivity contribution < 1.29 is 19.1 Å². The number of likely N-dealkylation sites (N-methyl/N-ethyl adjacent to an activating group) is 1. The summed E-state index contributed by atoms with van der Waals surface area (Å²) < 4.78 is 5.31. The van der Waals surface area contributed by atoms with Crippen molar-refractivity contribution in [1.29, 1.82) is 0 Å². The van der Waals surface area contributed by atoms with Crippen molar-refractivity contribution in [3.05, 3.63) is 18.0 Å². The Morgan fingerprint density at radius 3 is 2.63 bits per heavy atom. The molecule has 1 aromatic heterocycles. The van der Waals surface area contributed by atoms with Gasteiger partial charge in [-0.25, -0.2) is 0 Å². The van der Waals surface area contributed by atoms with Gasteiger partial charge >= 0.3 is 0 Å². The standard InChI is InChI=1S/C18H29N5O4/c1-5-22(6-2)18(26)15-9-13(20-16(24)11-27-12(3)4)10-23(15)17(25)14-7-8-19-21-14/h7-8,12-13,15H,5-6,9-11H2,1-4H3,(H,19,21)(H,20,24)/t13-,15+/m1/s1. The number of amides is 3. The van der Waals surface area contributed by atoms with E-state index in [-0.39, 0.29) is 43.0 Å². The normalized spacial score (nSPS) is 19.4. The number of ether oxygens (including phenoxy) is 1. The molecule has 3 amide bonds. The summed E-state index contributed by atoms with van der Waals surface area (Å²) in [6.07, 6.45) is 1.82. The number of H-pyrrole nitrogens is 1. The molecule has 1 aliphatic rings. The number of hydrogen-bond donors (Lipinski definition) is 2. The summed E-state index contributed by atoms with van der Waals surface area (Å²) >= 11 is 0. The number of rotatable bonds is 8. The van der Waals surface area contributed by atoms with Crippen molar-refractivity contribution in [1.82, 2.24) is 25.3 Å². The second-order valence-electron chi connectivity index (χ2n) is 6.81. The lowest BCUT2D eigenvalue weighted by Crippen LogP contribution is -2.47. The molecule has 150 valence electrons. The van der Waals surface area contributed by atoms with Crippen LogP contribution in [0.3, 0.4) is 0 Å². The van der Waals surface area contributed by atoms with Crippen LogP contribution in [0.4, 0.5) is 0 Å². The largest absolute Gasteiger partial charge is 0.369 e. The minimum absolute atomic E-state index is 0.0443. The zero-order chi connectivity index (χ0) is 20.0. The van der Waals surface area contributed by atoms with E-state index in [2.05, 4.69) is 15.5 Å². The van der Waals surface area contributed by atoms with E-state index in [9.17, 15) is 14.4 Å². The fourth-order valence-electron chi connectivity index (χ4n) is 3.19. The molecule has 1 saturated heterocycles. The number of aromatic nitrogens is 2. The van der Waals surface area contributed by atoms with Crippen LogP contribution in [-0.2, 0) is 14.3 Å². The summed E-state index contributed by atoms with van der Waals surface area (Å²) in [6, 6.07) is 0.658. The zero-order valence-electron chi connectivity index (χ0n) is 16.4. The second-order valence-corrected chi connectivity index (χ2v) is 6.81. The summed E-state index contributed by atoms with van der Waals surface area (Å²) in [4.78, 5) is 41.0. The number of hydrogen-bond acceptors (Lipinski definition) is 5. The quantitative estimate of drug-likeness (QED) is 0.680. The third-order valence-corrected chi connectivity index (χ3v) is 4.57. The van der Waals surface area contributed by atoms with Crippen LogP contribution in [0.2, 0.25) is 0 Å². The van der Waals surface area contributed by atoms with E-state index < -0.39 is 6.04 Å². The molecule has 9 nitrogen and oxygen atoms in total. The van der Waals surface area contributed by atoms with Crippen molar-refractivity contribution in [2.75, 3.05) is 26.2 Å². The molecule has 0 bridgehead atoms. The summed E-state index contributed by atoms with van der Waals surface area (Å²) in [6.45, 7) is 8.87. The van der Waals surface area contributed by atoms with Crippen molar-refractivity contribution in [3.63, 3.8) is 0 Å². The van der Waals surface area contributed by atoms with Gasteiger partial charge in [0.25, 0.3) is 5.91 Å². The van der Waals surface area contributed by atoms with Crippen LogP contribution in [0, 0.1) is 0 Å². The highest BCUT2D eigenvalue weighted by atomic mass is 16.5. The van der Waals surface area contributed by atoms with E-state index in [0.717, 1.165) is 0 Å². The second kappa shape index (κ2) is 9.50. The van der Waals surface area contributed by atoms with Gasteiger partial charge in [0.15, 0.2) is 0 Å². The van der Waals surface area contributed by atoms with Gasteiger partial charge in [-0.3, -0.25) is 19.5 Å². The number of carbonyl (C=O) groups excluding carboxylic acids is 3. The molecule has 0 saturated carbocycles. The molecule has 27 heavy (non-hydrogen) atoms. The van der Waals surface area contributed by atoms with Gasteiger partial charge in [0, 0.05) is 31.9 Å². The Hall–Kier alpha value is -2.42. The van der Waals surface area contributed by atoms with Crippen LogP contribution in [0.25, 0.3) is 0 Å². The van der Waals surface area contributed by atoms with Gasteiger partial charge in [0.05, 0.1) is 6.10 Å². The first-order chi connectivity index (χ1) is 12.9. The fourth-order valence-corrected chi connectivity index (χ4v) is 3.19. The summed E-state index contributed by atoms with van der Waals surface area (Å²) in [7, 11) is 0. The van der Waals surface area contributed by atoms with Crippen LogP contribution in [-0.4, -0.2) is 82.1 Å². The highest BCUT2D eigenvalue weighted by Crippen LogP contribution is 2.22. The lowest BCUT2D eigenvalue weighted by Gasteiger charge is -2.28. The van der Waals surface area contributed by atoms with Crippen LogP contribution in [0.1, 0.15) is 44.6 Å². The minimum atomic E-state index is -0.614. The summed E-state index contributed by atoms with van der Waals surface area (Å²) in [5, 5.41) is 9.32. The monoisotopic (exact) mass is 379 g/mol. The number of carbonyl (C=O) groups is 3. The van der Waals surface area contributed by atoms with Crippen molar-refractivity contribution >= 4 is 17.7 Å². The van der Waals surface area contributed by atoms with E-state index >= 15 is 0 Å². The minimum Gasteiger partial charge on any atom is -0.369 e. The van der Waals surface area contributed by atoms with Crippen LogP contribution in [0.15, 0.2) is 12.3 Å². The smallest absolute Gasteiger partial charge is 0.272 e. The van der Waals surface area contributed by atoms with Crippen molar-refractivity contribution in [2.24, 2.45) is 0 Å². The Balaban J connectivity index is 2.12. The maximum absolute atomic E-state index is 12.9. The van der Waals surface area contributed by atoms with E-state index in [1.165, 1.54) is 11.1 Å². The third kappa shape index (κ3) is 5.29. The molecule has 2 heterocycles. The highest BCUT2D eigenvalue weighted by Gasteiger charge is 2.42. The van der Waals surface area contributed by atoms with Gasteiger partial charge in [-0.2, -0.15) is 5.10 Å². The van der Waals surface area contributed by atoms with Gasteiger partial charge < -0.3 is 19.9 Å². The molecule has 2 N–H and O–H groups in total. The molecule has 1 fully saturated rings. The Labute approximate surface area is 159 Å². The molecule has 2 atom stereocenters. The van der Waals surface area contributed by atoms with E-state index in [1.807, 2.05) is 27.7 Å². The Morgan fingerprint density at radius 2 is 2.07 bits per heavy atom. The van der Waals surface area contributed by atoms with Crippen LogP contribution < -0.4 is 5.32 Å². The first-order valence-electron chi connectivity index (χ1n) is 9.37. The van der Waals surface area contributed by atoms with Crippen molar-refractivity contribution in [2.45, 2.75) is 52.3 Å². The molecule has 0 aromatic carbocycles. The van der Waals surface area contributed by atoms with Crippen LogP contribution in [0.5, 0.6) is 0 Å². The molecule has 0 radical (unpaired) electrons. The van der Waals surface area contributed by atoms with Gasteiger partial charge in [-0.05, 0) is 40.2 Å². The molecule has 9 heteroatoms.